The zero-order chi connectivity index (χ0) is 22.8. The summed E-state index contributed by atoms with van der Waals surface area (Å²) in [6.45, 7) is 4.21. The summed E-state index contributed by atoms with van der Waals surface area (Å²) >= 11 is 3.60. The molecule has 2 N–H and O–H groups in total. The van der Waals surface area contributed by atoms with E-state index in [0.29, 0.717) is 23.4 Å². The quantitative estimate of drug-likeness (QED) is 0.488. The van der Waals surface area contributed by atoms with E-state index in [9.17, 15) is 10.5 Å². The molecular formula is C26H19BrN4O. The average Bonchev–Trinajstić information content (AvgIpc) is 3.04. The van der Waals surface area contributed by atoms with Crippen LogP contribution in [0.5, 0.6) is 5.75 Å². The molecule has 1 aliphatic carbocycles. The van der Waals surface area contributed by atoms with Crippen molar-refractivity contribution in [2.24, 2.45) is 0 Å². The largest absolute Gasteiger partial charge is 0.488 e. The van der Waals surface area contributed by atoms with Gasteiger partial charge >= 0.3 is 0 Å². The molecule has 3 aromatic rings. The maximum atomic E-state index is 9.70. The number of halogens is 1. The molecule has 0 fully saturated rings. The second-order valence-corrected chi connectivity index (χ2v) is 8.32. The lowest BCUT2D eigenvalue weighted by Crippen LogP contribution is -2.03. The van der Waals surface area contributed by atoms with Gasteiger partial charge in [0.25, 0.3) is 0 Å². The second-order valence-electron chi connectivity index (χ2n) is 7.47. The molecule has 4 rings (SSSR count). The number of allylic oxidation sites excluding steroid dienone is 3. The zero-order valence-electron chi connectivity index (χ0n) is 17.6. The second kappa shape index (κ2) is 8.70. The van der Waals surface area contributed by atoms with Gasteiger partial charge in [-0.1, -0.05) is 36.4 Å². The van der Waals surface area contributed by atoms with Crippen LogP contribution in [0.25, 0.3) is 17.2 Å². The first-order valence-electron chi connectivity index (χ1n) is 9.94. The van der Waals surface area contributed by atoms with Crippen LogP contribution in [0.4, 0.5) is 5.82 Å². The Morgan fingerprint density at radius 3 is 2.50 bits per heavy atom. The SMILES string of the molecule is CC1=C(C#N)c2nc(N)c(C#N)c(C)c2/C1=C\c1ccc(OCc2ccccc2)c(Br)c1. The molecule has 0 bridgehead atoms. The summed E-state index contributed by atoms with van der Waals surface area (Å²) < 4.78 is 6.77. The molecule has 5 nitrogen and oxygen atoms in total. The van der Waals surface area contributed by atoms with Crippen molar-refractivity contribution in [3.05, 3.63) is 92.1 Å². The predicted molar refractivity (Wildman–Crippen MR) is 129 cm³/mol. The number of fused-ring (bicyclic) bond motifs is 1. The smallest absolute Gasteiger partial charge is 0.142 e. The fourth-order valence-electron chi connectivity index (χ4n) is 3.82. The van der Waals surface area contributed by atoms with Crippen molar-refractivity contribution in [1.82, 2.24) is 4.98 Å². The molecular weight excluding hydrogens is 464 g/mol. The number of pyridine rings is 1. The summed E-state index contributed by atoms with van der Waals surface area (Å²) in [5.41, 5.74) is 12.5. The highest BCUT2D eigenvalue weighted by Gasteiger charge is 2.29. The monoisotopic (exact) mass is 482 g/mol. The average molecular weight is 483 g/mol. The third-order valence-electron chi connectivity index (χ3n) is 5.49. The lowest BCUT2D eigenvalue weighted by molar-refractivity contribution is 0.304. The van der Waals surface area contributed by atoms with Crippen LogP contribution in [0.3, 0.4) is 0 Å². The van der Waals surface area contributed by atoms with Gasteiger partial charge in [-0.05, 0) is 75.8 Å². The number of aromatic nitrogens is 1. The Hall–Kier alpha value is -3.87. The fraction of sp³-hybridized carbons (Fsp3) is 0.115. The Bertz CT molecular complexity index is 1380. The highest BCUT2D eigenvalue weighted by molar-refractivity contribution is 9.10. The molecule has 1 heterocycles. The Morgan fingerprint density at radius 2 is 1.84 bits per heavy atom. The molecule has 0 aliphatic heterocycles. The molecule has 0 saturated heterocycles. The minimum Gasteiger partial charge on any atom is -0.488 e. The van der Waals surface area contributed by atoms with Crippen molar-refractivity contribution in [3.8, 4) is 17.9 Å². The maximum absolute atomic E-state index is 9.70. The molecule has 0 radical (unpaired) electrons. The molecule has 1 aliphatic rings. The van der Waals surface area contributed by atoms with Crippen molar-refractivity contribution in [2.75, 3.05) is 5.73 Å². The van der Waals surface area contributed by atoms with Gasteiger partial charge in [0, 0.05) is 5.56 Å². The molecule has 0 atom stereocenters. The molecule has 32 heavy (non-hydrogen) atoms. The standard InChI is InChI=1S/C26H19BrN4O/c1-15-19(24-16(2)21(13-29)26(30)31-25(24)20(15)12-28)10-18-8-9-23(22(27)11-18)32-14-17-6-4-3-5-7-17/h3-11H,14H2,1-2H3,(H2,30,31)/b19-10-. The van der Waals surface area contributed by atoms with Crippen molar-refractivity contribution in [3.63, 3.8) is 0 Å². The van der Waals surface area contributed by atoms with E-state index in [0.717, 1.165) is 43.6 Å². The Kier molecular flexibility index (Phi) is 5.81. The van der Waals surface area contributed by atoms with Crippen LogP contribution in [-0.2, 0) is 6.61 Å². The van der Waals surface area contributed by atoms with Crippen LogP contribution in [-0.4, -0.2) is 4.98 Å². The topological polar surface area (TPSA) is 95.7 Å². The molecule has 156 valence electrons. The van der Waals surface area contributed by atoms with E-state index in [1.165, 1.54) is 0 Å². The van der Waals surface area contributed by atoms with Gasteiger partial charge in [-0.25, -0.2) is 4.98 Å². The first kappa shape index (κ1) is 21.4. The third kappa shape index (κ3) is 3.77. The van der Waals surface area contributed by atoms with Crippen molar-refractivity contribution in [2.45, 2.75) is 20.5 Å². The third-order valence-corrected chi connectivity index (χ3v) is 6.11. The zero-order valence-corrected chi connectivity index (χ0v) is 19.2. The summed E-state index contributed by atoms with van der Waals surface area (Å²) in [4.78, 5) is 4.37. The molecule has 0 unspecified atom stereocenters. The van der Waals surface area contributed by atoms with Crippen LogP contribution in [0, 0.1) is 29.6 Å². The van der Waals surface area contributed by atoms with Gasteiger partial charge < -0.3 is 10.5 Å². The fourth-order valence-corrected chi connectivity index (χ4v) is 4.33. The Morgan fingerprint density at radius 1 is 1.09 bits per heavy atom. The van der Waals surface area contributed by atoms with Gasteiger partial charge in [-0.15, -0.1) is 0 Å². The van der Waals surface area contributed by atoms with Gasteiger partial charge in [-0.2, -0.15) is 10.5 Å². The van der Waals surface area contributed by atoms with Crippen molar-refractivity contribution >= 4 is 39.0 Å². The number of nitrogens with zero attached hydrogens (tertiary/aromatic N) is 3. The van der Waals surface area contributed by atoms with E-state index < -0.39 is 0 Å². The van der Waals surface area contributed by atoms with E-state index in [1.807, 2.05) is 68.5 Å². The number of hydrogen-bond donors (Lipinski definition) is 1. The minimum absolute atomic E-state index is 0.146. The maximum Gasteiger partial charge on any atom is 0.142 e. The summed E-state index contributed by atoms with van der Waals surface area (Å²) in [6, 6.07) is 20.2. The van der Waals surface area contributed by atoms with Crippen molar-refractivity contribution < 1.29 is 4.74 Å². The summed E-state index contributed by atoms with van der Waals surface area (Å²) in [6.07, 6.45) is 2.00. The van der Waals surface area contributed by atoms with Gasteiger partial charge in [0.15, 0.2) is 0 Å². The molecule has 0 amide bonds. The van der Waals surface area contributed by atoms with E-state index >= 15 is 0 Å². The van der Waals surface area contributed by atoms with Crippen LogP contribution in [0.15, 0.2) is 58.6 Å². The van der Waals surface area contributed by atoms with Gasteiger partial charge in [0.2, 0.25) is 0 Å². The number of ether oxygens (including phenoxy) is 1. The Labute approximate surface area is 195 Å². The van der Waals surface area contributed by atoms with Gasteiger partial charge in [0.05, 0.1) is 21.3 Å². The van der Waals surface area contributed by atoms with Gasteiger partial charge in [0.1, 0.15) is 30.3 Å². The lowest BCUT2D eigenvalue weighted by Gasteiger charge is -2.12. The van der Waals surface area contributed by atoms with Crippen molar-refractivity contribution in [1.29, 1.82) is 10.5 Å². The minimum atomic E-state index is 0.146. The number of nitrogens with two attached hydrogens (primary N) is 1. The van der Waals surface area contributed by atoms with Gasteiger partial charge in [-0.3, -0.25) is 0 Å². The van der Waals surface area contributed by atoms with E-state index in [1.54, 1.807) is 0 Å². The van der Waals surface area contributed by atoms with Crippen LogP contribution in [0.1, 0.15) is 40.4 Å². The lowest BCUT2D eigenvalue weighted by atomic mass is 9.95. The number of benzene rings is 2. The first-order valence-corrected chi connectivity index (χ1v) is 10.7. The summed E-state index contributed by atoms with van der Waals surface area (Å²) in [5.74, 6) is 0.887. The molecule has 0 spiro atoms. The molecule has 6 heteroatoms. The Balaban J connectivity index is 1.72. The predicted octanol–water partition coefficient (Wildman–Crippen LogP) is 6.04. The summed E-state index contributed by atoms with van der Waals surface area (Å²) in [5, 5.41) is 19.2. The highest BCUT2D eigenvalue weighted by atomic mass is 79.9. The highest BCUT2D eigenvalue weighted by Crippen LogP contribution is 2.44. The molecule has 0 saturated carbocycles. The number of hydrogen-bond acceptors (Lipinski definition) is 5. The van der Waals surface area contributed by atoms with E-state index in [4.69, 9.17) is 10.5 Å². The van der Waals surface area contributed by atoms with Crippen LogP contribution >= 0.6 is 15.9 Å². The number of nitriles is 2. The number of nitrogen functional groups attached to an aromatic ring is 1. The molecule has 1 aromatic heterocycles. The van der Waals surface area contributed by atoms with Crippen LogP contribution < -0.4 is 10.5 Å². The normalized spacial score (nSPS) is 13.6. The number of anilines is 1. The molecule has 2 aromatic carbocycles. The first-order chi connectivity index (χ1) is 15.4. The van der Waals surface area contributed by atoms with E-state index in [2.05, 4.69) is 33.1 Å². The summed E-state index contributed by atoms with van der Waals surface area (Å²) in [7, 11) is 0. The van der Waals surface area contributed by atoms with Crippen LogP contribution in [0.2, 0.25) is 0 Å². The van der Waals surface area contributed by atoms with E-state index in [-0.39, 0.29) is 5.82 Å². The number of rotatable bonds is 4.